The normalized spacial score (nSPS) is 14.6. The van der Waals surface area contributed by atoms with Crippen LogP contribution in [0.15, 0.2) is 67.1 Å². The van der Waals surface area contributed by atoms with Crippen molar-refractivity contribution in [3.63, 3.8) is 0 Å². The first-order valence-electron chi connectivity index (χ1n) is 11.8. The Morgan fingerprint density at radius 2 is 1.97 bits per heavy atom. The molecule has 2 aromatic carbocycles. The Labute approximate surface area is 202 Å². The van der Waals surface area contributed by atoms with E-state index in [0.29, 0.717) is 18.9 Å². The van der Waals surface area contributed by atoms with Gasteiger partial charge in [0, 0.05) is 48.9 Å². The molecule has 1 aliphatic rings. The van der Waals surface area contributed by atoms with Gasteiger partial charge in [0.2, 0.25) is 5.91 Å². The molecule has 0 unspecified atom stereocenters. The maximum absolute atomic E-state index is 11.7. The van der Waals surface area contributed by atoms with Crippen molar-refractivity contribution in [3.8, 4) is 11.1 Å². The summed E-state index contributed by atoms with van der Waals surface area (Å²) in [7, 11) is 0. The Hall–Kier alpha value is -4.24. The molecule has 4 heterocycles. The lowest BCUT2D eigenvalue weighted by atomic mass is 10.0. The molecule has 6 rings (SSSR count). The van der Waals surface area contributed by atoms with Crippen LogP contribution in [0.3, 0.4) is 0 Å². The molecule has 0 atom stereocenters. The fourth-order valence-corrected chi connectivity index (χ4v) is 4.77. The molecular formula is C26H26N8O. The predicted octanol–water partition coefficient (Wildman–Crippen LogP) is 2.35. The zero-order valence-corrected chi connectivity index (χ0v) is 19.3. The number of nitrogens with two attached hydrogens (primary N) is 1. The largest absolute Gasteiger partial charge is 0.382 e. The molecule has 176 valence electrons. The number of nitrogens with one attached hydrogen (secondary N) is 1. The van der Waals surface area contributed by atoms with E-state index in [2.05, 4.69) is 62.9 Å². The number of piperazine rings is 1. The maximum atomic E-state index is 11.7. The molecule has 1 aliphatic heterocycles. The molecule has 1 amide bonds. The summed E-state index contributed by atoms with van der Waals surface area (Å²) in [5.74, 6) is 0.511. The standard InChI is InChI=1S/C26H26N8O/c27-26-25-22(13-21(34(25)30-17-29-26)8-10-32-11-9-28-24(35)16-32)19-6-7-20-15-33(31-23(20)12-19)14-18-4-2-1-3-5-18/h1-7,12-13,15,17H,8-11,14,16H2,(H,28,35)(H2,27,29,30). The minimum absolute atomic E-state index is 0.0727. The van der Waals surface area contributed by atoms with Gasteiger partial charge in [-0.25, -0.2) is 9.50 Å². The van der Waals surface area contributed by atoms with E-state index in [1.54, 1.807) is 0 Å². The topological polar surface area (TPSA) is 106 Å². The second-order valence-electron chi connectivity index (χ2n) is 8.92. The third-order valence-electron chi connectivity index (χ3n) is 6.51. The number of aromatic nitrogens is 5. The van der Waals surface area contributed by atoms with Crippen molar-refractivity contribution in [3.05, 3.63) is 78.4 Å². The Morgan fingerprint density at radius 3 is 2.83 bits per heavy atom. The van der Waals surface area contributed by atoms with E-state index >= 15 is 0 Å². The summed E-state index contributed by atoms with van der Waals surface area (Å²) >= 11 is 0. The van der Waals surface area contributed by atoms with Crippen LogP contribution in [0.5, 0.6) is 0 Å². The smallest absolute Gasteiger partial charge is 0.234 e. The third-order valence-corrected chi connectivity index (χ3v) is 6.51. The number of carbonyl (C=O) groups is 1. The van der Waals surface area contributed by atoms with E-state index in [1.807, 2.05) is 27.4 Å². The number of carbonyl (C=O) groups excluding carboxylic acids is 1. The number of hydrogen-bond donors (Lipinski definition) is 2. The molecule has 0 spiro atoms. The number of nitrogen functional groups attached to an aromatic ring is 1. The Morgan fingerprint density at radius 1 is 1.09 bits per heavy atom. The summed E-state index contributed by atoms with van der Waals surface area (Å²) < 4.78 is 3.85. The summed E-state index contributed by atoms with van der Waals surface area (Å²) in [6.07, 6.45) is 4.30. The number of benzene rings is 2. The second-order valence-corrected chi connectivity index (χ2v) is 8.92. The third kappa shape index (κ3) is 4.22. The summed E-state index contributed by atoms with van der Waals surface area (Å²) in [4.78, 5) is 18.1. The molecule has 35 heavy (non-hydrogen) atoms. The van der Waals surface area contributed by atoms with Gasteiger partial charge in [-0.1, -0.05) is 42.5 Å². The van der Waals surface area contributed by atoms with Gasteiger partial charge >= 0.3 is 0 Å². The SMILES string of the molecule is Nc1ncnn2c(CCN3CCNC(=O)C3)cc(-c3ccc4cn(Cc5ccccc5)nc4c3)c12. The Kier molecular flexibility index (Phi) is 5.38. The first-order chi connectivity index (χ1) is 17.1. The van der Waals surface area contributed by atoms with Crippen molar-refractivity contribution in [1.82, 2.24) is 34.6 Å². The average Bonchev–Trinajstić information content (AvgIpc) is 3.44. The van der Waals surface area contributed by atoms with Gasteiger partial charge in [-0.3, -0.25) is 14.4 Å². The van der Waals surface area contributed by atoms with Gasteiger partial charge in [-0.05, 0) is 23.3 Å². The van der Waals surface area contributed by atoms with Crippen LogP contribution in [0.4, 0.5) is 5.82 Å². The summed E-state index contributed by atoms with van der Waals surface area (Å²) in [6.45, 7) is 3.45. The van der Waals surface area contributed by atoms with Crippen molar-refractivity contribution < 1.29 is 4.79 Å². The van der Waals surface area contributed by atoms with Gasteiger partial charge in [0.05, 0.1) is 18.6 Å². The predicted molar refractivity (Wildman–Crippen MR) is 135 cm³/mol. The number of anilines is 1. The van der Waals surface area contributed by atoms with Crippen LogP contribution in [0.25, 0.3) is 27.5 Å². The molecule has 9 heteroatoms. The summed E-state index contributed by atoms with van der Waals surface area (Å²) in [6, 6.07) is 18.7. The second kappa shape index (κ2) is 8.84. The van der Waals surface area contributed by atoms with Gasteiger partial charge in [0.1, 0.15) is 11.8 Å². The molecule has 3 N–H and O–H groups in total. The molecule has 1 saturated heterocycles. The lowest BCUT2D eigenvalue weighted by Gasteiger charge is -2.26. The Balaban J connectivity index is 1.33. The average molecular weight is 467 g/mol. The minimum Gasteiger partial charge on any atom is -0.382 e. The van der Waals surface area contributed by atoms with E-state index in [9.17, 15) is 4.79 Å². The first-order valence-corrected chi connectivity index (χ1v) is 11.8. The molecule has 0 radical (unpaired) electrons. The fourth-order valence-electron chi connectivity index (χ4n) is 4.77. The fraction of sp³-hybridized carbons (Fsp3) is 0.231. The van der Waals surface area contributed by atoms with E-state index in [-0.39, 0.29) is 5.91 Å². The molecule has 0 bridgehead atoms. The highest BCUT2D eigenvalue weighted by Gasteiger charge is 2.19. The van der Waals surface area contributed by atoms with E-state index in [1.165, 1.54) is 11.9 Å². The Bertz CT molecular complexity index is 1520. The van der Waals surface area contributed by atoms with Crippen molar-refractivity contribution >= 4 is 28.1 Å². The zero-order chi connectivity index (χ0) is 23.8. The van der Waals surface area contributed by atoms with Gasteiger partial charge in [-0.15, -0.1) is 0 Å². The number of nitrogens with zero attached hydrogens (tertiary/aromatic N) is 6. The molecule has 3 aromatic heterocycles. The minimum atomic E-state index is 0.0727. The van der Waals surface area contributed by atoms with Crippen LogP contribution < -0.4 is 11.1 Å². The molecule has 0 saturated carbocycles. The number of hydrogen-bond acceptors (Lipinski definition) is 6. The van der Waals surface area contributed by atoms with Gasteiger partial charge in [0.25, 0.3) is 0 Å². The summed E-state index contributed by atoms with van der Waals surface area (Å²) in [5, 5.41) is 13.3. The van der Waals surface area contributed by atoms with E-state index in [0.717, 1.165) is 59.3 Å². The molecule has 1 fully saturated rings. The number of amides is 1. The van der Waals surface area contributed by atoms with E-state index < -0.39 is 0 Å². The van der Waals surface area contributed by atoms with Crippen LogP contribution in [0, 0.1) is 0 Å². The lowest BCUT2D eigenvalue weighted by Crippen LogP contribution is -2.48. The molecule has 5 aromatic rings. The highest BCUT2D eigenvalue weighted by molar-refractivity contribution is 5.92. The molecule has 9 nitrogen and oxygen atoms in total. The first kappa shape index (κ1) is 21.3. The molecular weight excluding hydrogens is 440 g/mol. The monoisotopic (exact) mass is 466 g/mol. The van der Waals surface area contributed by atoms with Crippen molar-refractivity contribution in [2.24, 2.45) is 0 Å². The van der Waals surface area contributed by atoms with Crippen molar-refractivity contribution in [2.75, 3.05) is 31.9 Å². The maximum Gasteiger partial charge on any atom is 0.234 e. The number of fused-ring (bicyclic) bond motifs is 2. The van der Waals surface area contributed by atoms with Gasteiger partial charge in [-0.2, -0.15) is 10.2 Å². The zero-order valence-electron chi connectivity index (χ0n) is 19.3. The van der Waals surface area contributed by atoms with E-state index in [4.69, 9.17) is 10.8 Å². The highest BCUT2D eigenvalue weighted by atomic mass is 16.2. The van der Waals surface area contributed by atoms with Crippen LogP contribution in [0.1, 0.15) is 11.3 Å². The van der Waals surface area contributed by atoms with Crippen molar-refractivity contribution in [1.29, 1.82) is 0 Å². The highest BCUT2D eigenvalue weighted by Crippen LogP contribution is 2.32. The summed E-state index contributed by atoms with van der Waals surface area (Å²) in [5.41, 5.74) is 12.3. The van der Waals surface area contributed by atoms with Crippen molar-refractivity contribution in [2.45, 2.75) is 13.0 Å². The van der Waals surface area contributed by atoms with Crippen LogP contribution in [-0.2, 0) is 17.8 Å². The van der Waals surface area contributed by atoms with Gasteiger partial charge < -0.3 is 11.1 Å². The van der Waals surface area contributed by atoms with Crippen LogP contribution in [0.2, 0.25) is 0 Å². The number of rotatable bonds is 6. The molecule has 0 aliphatic carbocycles. The lowest BCUT2D eigenvalue weighted by molar-refractivity contribution is -0.124. The van der Waals surface area contributed by atoms with Gasteiger partial charge in [0.15, 0.2) is 5.82 Å². The van der Waals surface area contributed by atoms with Crippen LogP contribution >= 0.6 is 0 Å². The quantitative estimate of drug-likeness (QED) is 0.398. The van der Waals surface area contributed by atoms with Crippen LogP contribution in [-0.4, -0.2) is 61.4 Å².